The highest BCUT2D eigenvalue weighted by Gasteiger charge is 2.17. The Kier molecular flexibility index (Phi) is 4.69. The summed E-state index contributed by atoms with van der Waals surface area (Å²) < 4.78 is 2.03. The predicted molar refractivity (Wildman–Crippen MR) is 105 cm³/mol. The molecule has 0 N–H and O–H groups in total. The van der Waals surface area contributed by atoms with E-state index in [9.17, 15) is 0 Å². The van der Waals surface area contributed by atoms with Crippen LogP contribution in [0.15, 0.2) is 83.1 Å². The van der Waals surface area contributed by atoms with Crippen molar-refractivity contribution in [3.05, 3.63) is 84.1 Å². The van der Waals surface area contributed by atoms with Crippen LogP contribution in [0.4, 0.5) is 0 Å². The van der Waals surface area contributed by atoms with E-state index in [0.29, 0.717) is 5.56 Å². The quantitative estimate of drug-likeness (QED) is 0.523. The molecule has 0 bridgehead atoms. The maximum atomic E-state index is 8.94. The summed E-state index contributed by atoms with van der Waals surface area (Å²) in [6, 6.07) is 23.9. The maximum absolute atomic E-state index is 8.94. The Labute approximate surface area is 161 Å². The number of nitriles is 1. The lowest BCUT2D eigenvalue weighted by atomic mass is 10.2. The first-order valence-electron chi connectivity index (χ1n) is 8.36. The molecular weight excluding hydrogens is 354 g/mol. The highest BCUT2D eigenvalue weighted by Crippen LogP contribution is 2.31. The van der Waals surface area contributed by atoms with E-state index < -0.39 is 0 Å². The van der Waals surface area contributed by atoms with Gasteiger partial charge in [-0.15, -0.1) is 10.2 Å². The van der Waals surface area contributed by atoms with Gasteiger partial charge in [0.05, 0.1) is 11.3 Å². The number of aryl methyl sites for hydroxylation is 1. The minimum Gasteiger partial charge on any atom is -0.270 e. The molecule has 6 heteroatoms. The van der Waals surface area contributed by atoms with Crippen molar-refractivity contribution in [2.45, 2.75) is 17.1 Å². The van der Waals surface area contributed by atoms with Crippen LogP contribution in [0.3, 0.4) is 0 Å². The van der Waals surface area contributed by atoms with E-state index in [-0.39, 0.29) is 0 Å². The molecular formula is C21H15N5S. The number of nitrogens with zero attached hydrogens (tertiary/aromatic N) is 5. The molecule has 0 saturated carbocycles. The molecule has 5 nitrogen and oxygen atoms in total. The first-order chi connectivity index (χ1) is 13.2. The Morgan fingerprint density at radius 2 is 1.81 bits per heavy atom. The fourth-order valence-electron chi connectivity index (χ4n) is 2.71. The highest BCUT2D eigenvalue weighted by atomic mass is 32.2. The zero-order valence-electron chi connectivity index (χ0n) is 14.6. The number of aromatic nitrogens is 4. The largest absolute Gasteiger partial charge is 0.270 e. The topological polar surface area (TPSA) is 67.4 Å². The molecule has 2 aromatic heterocycles. The van der Waals surface area contributed by atoms with E-state index in [1.807, 2.05) is 53.1 Å². The van der Waals surface area contributed by atoms with Gasteiger partial charge in [-0.25, -0.2) is 4.98 Å². The van der Waals surface area contributed by atoms with Gasteiger partial charge in [0.15, 0.2) is 5.82 Å². The molecule has 0 spiro atoms. The maximum Gasteiger partial charge on any atom is 0.202 e. The average Bonchev–Trinajstić information content (AvgIpc) is 3.13. The lowest BCUT2D eigenvalue weighted by molar-refractivity contribution is 0.882. The van der Waals surface area contributed by atoms with E-state index in [0.717, 1.165) is 32.8 Å². The van der Waals surface area contributed by atoms with Crippen molar-refractivity contribution in [1.82, 2.24) is 19.7 Å². The SMILES string of the molecule is Cc1cccc(-n2c(Sc3ccc(C#N)cn3)nnc2-c2ccccc2)c1. The molecule has 0 saturated heterocycles. The smallest absolute Gasteiger partial charge is 0.202 e. The van der Waals surface area contributed by atoms with Crippen LogP contribution in [0.1, 0.15) is 11.1 Å². The van der Waals surface area contributed by atoms with Crippen molar-refractivity contribution >= 4 is 11.8 Å². The van der Waals surface area contributed by atoms with Gasteiger partial charge in [-0.3, -0.25) is 4.57 Å². The second-order valence-electron chi connectivity index (χ2n) is 5.95. The zero-order valence-corrected chi connectivity index (χ0v) is 15.4. The predicted octanol–water partition coefficient (Wildman–Crippen LogP) is 4.66. The molecule has 0 atom stereocenters. The third kappa shape index (κ3) is 3.59. The summed E-state index contributed by atoms with van der Waals surface area (Å²) in [5.41, 5.74) is 3.68. The van der Waals surface area contributed by atoms with E-state index in [1.54, 1.807) is 12.3 Å². The van der Waals surface area contributed by atoms with Gasteiger partial charge in [-0.2, -0.15) is 5.26 Å². The standard InChI is InChI=1S/C21H15N5S/c1-15-6-5-9-18(12-15)26-20(17-7-3-2-4-8-17)24-25-21(26)27-19-11-10-16(13-22)14-23-19/h2-12,14H,1H3. The first-order valence-corrected chi connectivity index (χ1v) is 9.18. The minimum atomic E-state index is 0.532. The molecule has 0 aliphatic heterocycles. The Morgan fingerprint density at radius 1 is 0.963 bits per heavy atom. The lowest BCUT2D eigenvalue weighted by Gasteiger charge is -2.11. The van der Waals surface area contributed by atoms with E-state index in [1.165, 1.54) is 11.8 Å². The van der Waals surface area contributed by atoms with Gasteiger partial charge < -0.3 is 0 Å². The molecule has 0 amide bonds. The summed E-state index contributed by atoms with van der Waals surface area (Å²) in [4.78, 5) is 4.34. The number of pyridine rings is 1. The van der Waals surface area contributed by atoms with Gasteiger partial charge >= 0.3 is 0 Å². The molecule has 2 aromatic carbocycles. The van der Waals surface area contributed by atoms with Crippen LogP contribution >= 0.6 is 11.8 Å². The lowest BCUT2D eigenvalue weighted by Crippen LogP contribution is -2.00. The molecule has 0 aliphatic rings. The van der Waals surface area contributed by atoms with Crippen LogP contribution in [0.2, 0.25) is 0 Å². The van der Waals surface area contributed by atoms with E-state index in [4.69, 9.17) is 5.26 Å². The van der Waals surface area contributed by atoms with Crippen molar-refractivity contribution in [3.8, 4) is 23.1 Å². The fourth-order valence-corrected chi connectivity index (χ4v) is 3.50. The van der Waals surface area contributed by atoms with Gasteiger partial charge in [0, 0.05) is 11.8 Å². The molecule has 0 unspecified atom stereocenters. The summed E-state index contributed by atoms with van der Waals surface area (Å²) in [5, 5.41) is 19.3. The number of hydrogen-bond acceptors (Lipinski definition) is 5. The minimum absolute atomic E-state index is 0.532. The van der Waals surface area contributed by atoms with Crippen LogP contribution in [0, 0.1) is 18.3 Å². The van der Waals surface area contributed by atoms with Crippen molar-refractivity contribution < 1.29 is 0 Å². The summed E-state index contributed by atoms with van der Waals surface area (Å²) in [6.45, 7) is 2.06. The average molecular weight is 369 g/mol. The van der Waals surface area contributed by atoms with Crippen molar-refractivity contribution in [2.75, 3.05) is 0 Å². The van der Waals surface area contributed by atoms with Gasteiger partial charge in [0.1, 0.15) is 11.1 Å². The molecule has 0 fully saturated rings. The van der Waals surface area contributed by atoms with Crippen molar-refractivity contribution in [1.29, 1.82) is 5.26 Å². The molecule has 0 radical (unpaired) electrons. The number of rotatable bonds is 4. The van der Waals surface area contributed by atoms with Gasteiger partial charge in [-0.05, 0) is 48.5 Å². The molecule has 4 aromatic rings. The summed E-state index contributed by atoms with van der Waals surface area (Å²) in [7, 11) is 0. The van der Waals surface area contributed by atoms with Crippen LogP contribution in [-0.4, -0.2) is 19.7 Å². The first kappa shape index (κ1) is 17.0. The van der Waals surface area contributed by atoms with Crippen LogP contribution in [0.25, 0.3) is 17.1 Å². The zero-order chi connectivity index (χ0) is 18.6. The number of benzene rings is 2. The normalized spacial score (nSPS) is 10.5. The molecule has 27 heavy (non-hydrogen) atoms. The monoisotopic (exact) mass is 369 g/mol. The third-order valence-corrected chi connectivity index (χ3v) is 4.88. The van der Waals surface area contributed by atoms with E-state index >= 15 is 0 Å². The number of hydrogen-bond donors (Lipinski definition) is 0. The summed E-state index contributed by atoms with van der Waals surface area (Å²) >= 11 is 1.42. The molecule has 130 valence electrons. The van der Waals surface area contributed by atoms with Gasteiger partial charge in [-0.1, -0.05) is 42.5 Å². The fraction of sp³-hybridized carbons (Fsp3) is 0.0476. The van der Waals surface area contributed by atoms with Crippen molar-refractivity contribution in [2.24, 2.45) is 0 Å². The van der Waals surface area contributed by atoms with Crippen LogP contribution in [-0.2, 0) is 0 Å². The Bertz CT molecular complexity index is 1110. The van der Waals surface area contributed by atoms with Crippen molar-refractivity contribution in [3.63, 3.8) is 0 Å². The Balaban J connectivity index is 1.82. The summed E-state index contributed by atoms with van der Waals surface area (Å²) in [6.07, 6.45) is 1.56. The second kappa shape index (κ2) is 7.44. The molecule has 4 rings (SSSR count). The Morgan fingerprint density at radius 3 is 2.52 bits per heavy atom. The van der Waals surface area contributed by atoms with Gasteiger partial charge in [0.25, 0.3) is 0 Å². The summed E-state index contributed by atoms with van der Waals surface area (Å²) in [5.74, 6) is 0.775. The van der Waals surface area contributed by atoms with E-state index in [2.05, 4.69) is 40.3 Å². The second-order valence-corrected chi connectivity index (χ2v) is 6.93. The highest BCUT2D eigenvalue weighted by molar-refractivity contribution is 7.99. The Hall–Kier alpha value is -3.43. The third-order valence-electron chi connectivity index (χ3n) is 3.99. The van der Waals surface area contributed by atoms with Crippen LogP contribution < -0.4 is 0 Å². The van der Waals surface area contributed by atoms with Gasteiger partial charge in [0.2, 0.25) is 5.16 Å². The van der Waals surface area contributed by atoms with Crippen LogP contribution in [0.5, 0.6) is 0 Å². The molecule has 0 aliphatic carbocycles. The molecule has 2 heterocycles.